The molecule has 4 nitrogen and oxygen atoms in total. The lowest BCUT2D eigenvalue weighted by Crippen LogP contribution is -1.98. The number of ether oxygens (including phenoxy) is 1. The summed E-state index contributed by atoms with van der Waals surface area (Å²) in [5, 5.41) is 0. The highest BCUT2D eigenvalue weighted by molar-refractivity contribution is 4.98. The summed E-state index contributed by atoms with van der Waals surface area (Å²) in [5.74, 6) is 0. The van der Waals surface area contributed by atoms with E-state index in [9.17, 15) is 0 Å². The molecule has 0 fully saturated rings. The van der Waals surface area contributed by atoms with Gasteiger partial charge in [-0.05, 0) is 6.42 Å². The van der Waals surface area contributed by atoms with Crippen molar-refractivity contribution in [2.45, 2.75) is 26.3 Å². The maximum atomic E-state index is 5.34. The average molecular weight is 170 g/mol. The molecule has 68 valence electrons. The van der Waals surface area contributed by atoms with E-state index < -0.39 is 0 Å². The molecule has 0 unspecified atom stereocenters. The van der Waals surface area contributed by atoms with Crippen LogP contribution >= 0.6 is 0 Å². The van der Waals surface area contributed by atoms with Gasteiger partial charge in [-0.15, -0.1) is 0 Å². The smallest absolute Gasteiger partial charge is 0.393 e. The highest BCUT2D eigenvalue weighted by Crippen LogP contribution is 2.09. The van der Waals surface area contributed by atoms with E-state index in [-0.39, 0.29) is 0 Å². The first-order chi connectivity index (χ1) is 5.86. The SMILES string of the molecule is CCCCOc1nc(CN)co1. The predicted octanol–water partition coefficient (Wildman–Crippen LogP) is 1.31. The van der Waals surface area contributed by atoms with Crippen LogP contribution in [0.25, 0.3) is 0 Å². The highest BCUT2D eigenvalue weighted by atomic mass is 16.6. The van der Waals surface area contributed by atoms with Gasteiger partial charge in [0, 0.05) is 6.54 Å². The maximum Gasteiger partial charge on any atom is 0.393 e. The third-order valence-electron chi connectivity index (χ3n) is 1.46. The summed E-state index contributed by atoms with van der Waals surface area (Å²) in [4.78, 5) is 3.99. The van der Waals surface area contributed by atoms with Crippen molar-refractivity contribution in [2.24, 2.45) is 5.73 Å². The van der Waals surface area contributed by atoms with Gasteiger partial charge in [-0.3, -0.25) is 0 Å². The Balaban J connectivity index is 2.31. The monoisotopic (exact) mass is 170 g/mol. The number of nitrogens with two attached hydrogens (primary N) is 1. The molecule has 0 spiro atoms. The standard InChI is InChI=1S/C8H14N2O2/c1-2-3-4-11-8-10-7(5-9)6-12-8/h6H,2-5,9H2,1H3. The second-order valence-corrected chi connectivity index (χ2v) is 2.51. The lowest BCUT2D eigenvalue weighted by molar-refractivity contribution is 0.226. The van der Waals surface area contributed by atoms with E-state index in [1.54, 1.807) is 0 Å². The van der Waals surface area contributed by atoms with Crippen LogP contribution in [0.4, 0.5) is 0 Å². The molecule has 0 saturated heterocycles. The quantitative estimate of drug-likeness (QED) is 0.677. The molecule has 0 aliphatic heterocycles. The molecule has 1 rings (SSSR count). The van der Waals surface area contributed by atoms with Gasteiger partial charge in [-0.25, -0.2) is 0 Å². The van der Waals surface area contributed by atoms with Crippen LogP contribution in [0.5, 0.6) is 6.08 Å². The Morgan fingerprint density at radius 3 is 3.08 bits per heavy atom. The van der Waals surface area contributed by atoms with Crippen molar-refractivity contribution in [3.05, 3.63) is 12.0 Å². The Hall–Kier alpha value is -1.03. The molecule has 0 aromatic carbocycles. The van der Waals surface area contributed by atoms with Crippen molar-refractivity contribution >= 4 is 0 Å². The van der Waals surface area contributed by atoms with Crippen molar-refractivity contribution in [1.82, 2.24) is 4.98 Å². The molecule has 1 heterocycles. The summed E-state index contributed by atoms with van der Waals surface area (Å²) >= 11 is 0. The van der Waals surface area contributed by atoms with Gasteiger partial charge >= 0.3 is 6.08 Å². The lowest BCUT2D eigenvalue weighted by atomic mass is 10.4. The summed E-state index contributed by atoms with van der Waals surface area (Å²) < 4.78 is 10.2. The van der Waals surface area contributed by atoms with E-state index in [0.717, 1.165) is 18.5 Å². The van der Waals surface area contributed by atoms with Crippen LogP contribution in [0.2, 0.25) is 0 Å². The van der Waals surface area contributed by atoms with E-state index in [0.29, 0.717) is 19.2 Å². The zero-order valence-corrected chi connectivity index (χ0v) is 7.25. The molecule has 0 aliphatic rings. The Labute approximate surface area is 71.7 Å². The number of hydrogen-bond donors (Lipinski definition) is 1. The number of aromatic nitrogens is 1. The van der Waals surface area contributed by atoms with E-state index >= 15 is 0 Å². The van der Waals surface area contributed by atoms with E-state index in [1.165, 1.54) is 6.26 Å². The number of nitrogens with zero attached hydrogens (tertiary/aromatic N) is 1. The third-order valence-corrected chi connectivity index (χ3v) is 1.46. The van der Waals surface area contributed by atoms with Gasteiger partial charge in [-0.2, -0.15) is 4.98 Å². The summed E-state index contributed by atoms with van der Waals surface area (Å²) in [6.07, 6.45) is 3.95. The molecule has 0 bridgehead atoms. The van der Waals surface area contributed by atoms with Gasteiger partial charge in [0.15, 0.2) is 0 Å². The molecule has 1 aromatic heterocycles. The molecule has 12 heavy (non-hydrogen) atoms. The minimum absolute atomic E-state index is 0.323. The number of hydrogen-bond acceptors (Lipinski definition) is 4. The Bertz CT molecular complexity index is 223. The van der Waals surface area contributed by atoms with E-state index in [1.807, 2.05) is 0 Å². The largest absolute Gasteiger partial charge is 0.450 e. The van der Waals surface area contributed by atoms with Gasteiger partial charge in [0.2, 0.25) is 0 Å². The number of rotatable bonds is 5. The zero-order valence-electron chi connectivity index (χ0n) is 7.25. The number of unbranched alkanes of at least 4 members (excludes halogenated alkanes) is 1. The molecule has 4 heteroatoms. The van der Waals surface area contributed by atoms with Gasteiger partial charge in [0.1, 0.15) is 6.26 Å². The average Bonchev–Trinajstić information content (AvgIpc) is 2.53. The van der Waals surface area contributed by atoms with Crippen LogP contribution in [0.1, 0.15) is 25.5 Å². The first-order valence-electron chi connectivity index (χ1n) is 4.14. The second kappa shape index (κ2) is 4.77. The summed E-state index contributed by atoms with van der Waals surface area (Å²) in [6.45, 7) is 3.14. The van der Waals surface area contributed by atoms with Crippen molar-refractivity contribution < 1.29 is 9.15 Å². The Morgan fingerprint density at radius 2 is 2.50 bits per heavy atom. The summed E-state index contributed by atoms with van der Waals surface area (Å²) in [5.41, 5.74) is 6.06. The summed E-state index contributed by atoms with van der Waals surface area (Å²) in [7, 11) is 0. The van der Waals surface area contributed by atoms with Gasteiger partial charge in [0.25, 0.3) is 0 Å². The van der Waals surface area contributed by atoms with Crippen LogP contribution < -0.4 is 10.5 Å². The zero-order chi connectivity index (χ0) is 8.81. The third kappa shape index (κ3) is 2.54. The van der Waals surface area contributed by atoms with Crippen LogP contribution in [-0.4, -0.2) is 11.6 Å². The predicted molar refractivity (Wildman–Crippen MR) is 44.8 cm³/mol. The molecule has 0 aliphatic carbocycles. The van der Waals surface area contributed by atoms with E-state index in [4.69, 9.17) is 14.9 Å². The number of oxazole rings is 1. The molecular formula is C8H14N2O2. The molecule has 1 aromatic rings. The fourth-order valence-electron chi connectivity index (χ4n) is 0.752. The minimum atomic E-state index is 0.323. The van der Waals surface area contributed by atoms with Crippen LogP contribution in [0.3, 0.4) is 0 Å². The Kier molecular flexibility index (Phi) is 3.60. The van der Waals surface area contributed by atoms with Crippen molar-refractivity contribution in [1.29, 1.82) is 0 Å². The molecular weight excluding hydrogens is 156 g/mol. The highest BCUT2D eigenvalue weighted by Gasteiger charge is 2.01. The molecule has 0 radical (unpaired) electrons. The van der Waals surface area contributed by atoms with E-state index in [2.05, 4.69) is 11.9 Å². The molecule has 0 atom stereocenters. The van der Waals surface area contributed by atoms with Gasteiger partial charge < -0.3 is 14.9 Å². The summed E-state index contributed by atoms with van der Waals surface area (Å²) in [6, 6.07) is 0. The van der Waals surface area contributed by atoms with Crippen molar-refractivity contribution in [3.8, 4) is 6.08 Å². The van der Waals surface area contributed by atoms with Crippen molar-refractivity contribution in [3.63, 3.8) is 0 Å². The first kappa shape index (κ1) is 9.06. The lowest BCUT2D eigenvalue weighted by Gasteiger charge is -1.97. The van der Waals surface area contributed by atoms with Crippen molar-refractivity contribution in [2.75, 3.05) is 6.61 Å². The van der Waals surface area contributed by atoms with Crippen LogP contribution in [0.15, 0.2) is 10.7 Å². The van der Waals surface area contributed by atoms with Gasteiger partial charge in [-0.1, -0.05) is 13.3 Å². The van der Waals surface area contributed by atoms with Gasteiger partial charge in [0.05, 0.1) is 12.3 Å². The fourth-order valence-corrected chi connectivity index (χ4v) is 0.752. The van der Waals surface area contributed by atoms with Crippen LogP contribution in [0, 0.1) is 0 Å². The molecule has 2 N–H and O–H groups in total. The second-order valence-electron chi connectivity index (χ2n) is 2.51. The van der Waals surface area contributed by atoms with Crippen LogP contribution in [-0.2, 0) is 6.54 Å². The normalized spacial score (nSPS) is 10.2. The molecule has 0 saturated carbocycles. The maximum absolute atomic E-state index is 5.34. The Morgan fingerprint density at radius 1 is 1.67 bits per heavy atom. The molecule has 0 amide bonds. The fraction of sp³-hybridized carbons (Fsp3) is 0.625. The topological polar surface area (TPSA) is 61.3 Å². The first-order valence-corrected chi connectivity index (χ1v) is 4.14. The minimum Gasteiger partial charge on any atom is -0.450 e.